The van der Waals surface area contributed by atoms with Crippen molar-refractivity contribution in [2.45, 2.75) is 6.92 Å². The van der Waals surface area contributed by atoms with Crippen LogP contribution in [0.4, 0.5) is 5.69 Å². The first-order valence-electron chi connectivity index (χ1n) is 6.95. The Morgan fingerprint density at radius 3 is 2.63 bits per heavy atom. The summed E-state index contributed by atoms with van der Waals surface area (Å²) >= 11 is 0. The summed E-state index contributed by atoms with van der Waals surface area (Å²) in [6.07, 6.45) is 0. The van der Waals surface area contributed by atoms with Crippen LogP contribution in [0.2, 0.25) is 0 Å². The Bertz CT molecular complexity index is 415. The summed E-state index contributed by atoms with van der Waals surface area (Å²) in [6.45, 7) is 8.91. The molecular weight excluding hydrogens is 236 g/mol. The molecule has 1 fully saturated rings. The summed E-state index contributed by atoms with van der Waals surface area (Å²) in [5.41, 5.74) is 1.80. The predicted octanol–water partition coefficient (Wildman–Crippen LogP) is 1.51. The zero-order chi connectivity index (χ0) is 13.5. The lowest BCUT2D eigenvalue weighted by Gasteiger charge is -2.29. The molecular formula is C15H22N4. The largest absolute Gasteiger partial charge is 0.385 e. The Morgan fingerprint density at radius 2 is 2.00 bits per heavy atom. The van der Waals surface area contributed by atoms with E-state index in [1.54, 1.807) is 0 Å². The Morgan fingerprint density at radius 1 is 1.32 bits per heavy atom. The first-order chi connectivity index (χ1) is 9.28. The van der Waals surface area contributed by atoms with Crippen LogP contribution in [0.15, 0.2) is 24.3 Å². The minimum Gasteiger partial charge on any atom is -0.385 e. The highest BCUT2D eigenvalue weighted by molar-refractivity contribution is 5.47. The molecule has 2 N–H and O–H groups in total. The molecule has 2 rings (SSSR count). The van der Waals surface area contributed by atoms with Gasteiger partial charge < -0.3 is 15.5 Å². The van der Waals surface area contributed by atoms with Gasteiger partial charge in [0.25, 0.3) is 0 Å². The standard InChI is InChI=1S/C15H22N4/c1-13(12-19-8-6-17-7-9-19)11-18-15-4-2-14(10-16)3-5-15/h2-5,13,17-18H,6-9,11-12H2,1H3. The number of rotatable bonds is 5. The van der Waals surface area contributed by atoms with E-state index in [2.05, 4.69) is 28.5 Å². The van der Waals surface area contributed by atoms with E-state index < -0.39 is 0 Å². The third kappa shape index (κ3) is 4.55. The van der Waals surface area contributed by atoms with E-state index in [0.717, 1.165) is 45.0 Å². The Kier molecular flexibility index (Phi) is 5.20. The number of benzene rings is 1. The SMILES string of the molecule is CC(CNc1ccc(C#N)cc1)CN1CCNCC1. The molecule has 102 valence electrons. The van der Waals surface area contributed by atoms with Gasteiger partial charge in [0, 0.05) is 45.0 Å². The van der Waals surface area contributed by atoms with Crippen LogP contribution in [0.1, 0.15) is 12.5 Å². The number of nitrogens with one attached hydrogen (secondary N) is 2. The monoisotopic (exact) mass is 258 g/mol. The van der Waals surface area contributed by atoms with E-state index >= 15 is 0 Å². The van der Waals surface area contributed by atoms with Gasteiger partial charge in [-0.25, -0.2) is 0 Å². The molecule has 1 heterocycles. The second kappa shape index (κ2) is 7.13. The van der Waals surface area contributed by atoms with Crippen LogP contribution in [0.3, 0.4) is 0 Å². The minimum absolute atomic E-state index is 0.619. The maximum Gasteiger partial charge on any atom is 0.0991 e. The topological polar surface area (TPSA) is 51.1 Å². The van der Waals surface area contributed by atoms with Gasteiger partial charge in [-0.2, -0.15) is 5.26 Å². The predicted molar refractivity (Wildman–Crippen MR) is 78.1 cm³/mol. The van der Waals surface area contributed by atoms with E-state index in [4.69, 9.17) is 5.26 Å². The van der Waals surface area contributed by atoms with Gasteiger partial charge in [-0.05, 0) is 30.2 Å². The van der Waals surface area contributed by atoms with Gasteiger partial charge in [-0.1, -0.05) is 6.92 Å². The fourth-order valence-electron chi connectivity index (χ4n) is 2.35. The van der Waals surface area contributed by atoms with Crippen molar-refractivity contribution in [1.82, 2.24) is 10.2 Å². The van der Waals surface area contributed by atoms with Crippen LogP contribution in [0.5, 0.6) is 0 Å². The lowest BCUT2D eigenvalue weighted by molar-refractivity contribution is 0.215. The van der Waals surface area contributed by atoms with Crippen LogP contribution in [0, 0.1) is 17.2 Å². The quantitative estimate of drug-likeness (QED) is 0.840. The fraction of sp³-hybridized carbons (Fsp3) is 0.533. The molecule has 1 aromatic rings. The van der Waals surface area contributed by atoms with Crippen LogP contribution < -0.4 is 10.6 Å². The first-order valence-corrected chi connectivity index (χ1v) is 6.95. The number of nitriles is 1. The van der Waals surface area contributed by atoms with Crippen molar-refractivity contribution in [3.63, 3.8) is 0 Å². The summed E-state index contributed by atoms with van der Waals surface area (Å²) in [4.78, 5) is 2.52. The van der Waals surface area contributed by atoms with Crippen LogP contribution >= 0.6 is 0 Å². The summed E-state index contributed by atoms with van der Waals surface area (Å²) in [5.74, 6) is 0.619. The lowest BCUT2D eigenvalue weighted by atomic mass is 10.1. The molecule has 0 saturated carbocycles. The molecule has 0 amide bonds. The van der Waals surface area contributed by atoms with Gasteiger partial charge in [-0.3, -0.25) is 0 Å². The molecule has 1 aromatic carbocycles. The van der Waals surface area contributed by atoms with Crippen LogP contribution in [0.25, 0.3) is 0 Å². The molecule has 1 atom stereocenters. The second-order valence-corrected chi connectivity index (χ2v) is 5.23. The number of hydrogen-bond acceptors (Lipinski definition) is 4. The molecule has 0 radical (unpaired) electrons. The van der Waals surface area contributed by atoms with Crippen molar-refractivity contribution in [3.8, 4) is 6.07 Å². The zero-order valence-corrected chi connectivity index (χ0v) is 11.5. The number of piperazine rings is 1. The smallest absolute Gasteiger partial charge is 0.0991 e. The molecule has 19 heavy (non-hydrogen) atoms. The molecule has 0 bridgehead atoms. The summed E-state index contributed by atoms with van der Waals surface area (Å²) in [7, 11) is 0. The highest BCUT2D eigenvalue weighted by Gasteiger charge is 2.12. The molecule has 4 nitrogen and oxygen atoms in total. The fourth-order valence-corrected chi connectivity index (χ4v) is 2.35. The molecule has 1 saturated heterocycles. The van der Waals surface area contributed by atoms with E-state index in [1.165, 1.54) is 0 Å². The summed E-state index contributed by atoms with van der Waals surface area (Å²) < 4.78 is 0. The van der Waals surface area contributed by atoms with Gasteiger partial charge in [0.05, 0.1) is 11.6 Å². The molecule has 0 aliphatic carbocycles. The lowest BCUT2D eigenvalue weighted by Crippen LogP contribution is -2.45. The van der Waals surface area contributed by atoms with Crippen molar-refractivity contribution in [3.05, 3.63) is 29.8 Å². The maximum absolute atomic E-state index is 8.75. The van der Waals surface area contributed by atoms with Crippen molar-refractivity contribution in [2.24, 2.45) is 5.92 Å². The zero-order valence-electron chi connectivity index (χ0n) is 11.5. The number of nitrogens with zero attached hydrogens (tertiary/aromatic N) is 2. The Hall–Kier alpha value is -1.57. The van der Waals surface area contributed by atoms with Gasteiger partial charge in [0.2, 0.25) is 0 Å². The van der Waals surface area contributed by atoms with E-state index in [0.29, 0.717) is 11.5 Å². The third-order valence-electron chi connectivity index (χ3n) is 3.45. The van der Waals surface area contributed by atoms with Gasteiger partial charge in [0.1, 0.15) is 0 Å². The average molecular weight is 258 g/mol. The molecule has 1 aliphatic rings. The highest BCUT2D eigenvalue weighted by atomic mass is 15.2. The normalized spacial score (nSPS) is 17.7. The summed E-state index contributed by atoms with van der Waals surface area (Å²) in [6, 6.07) is 9.77. The van der Waals surface area contributed by atoms with Crippen molar-refractivity contribution in [1.29, 1.82) is 5.26 Å². The van der Waals surface area contributed by atoms with Crippen LogP contribution in [-0.2, 0) is 0 Å². The van der Waals surface area contributed by atoms with Crippen molar-refractivity contribution < 1.29 is 0 Å². The number of hydrogen-bond donors (Lipinski definition) is 2. The summed E-state index contributed by atoms with van der Waals surface area (Å²) in [5, 5.41) is 15.6. The van der Waals surface area contributed by atoms with E-state index in [9.17, 15) is 0 Å². The highest BCUT2D eigenvalue weighted by Crippen LogP contribution is 2.10. The Labute approximate surface area is 115 Å². The number of anilines is 1. The average Bonchev–Trinajstić information content (AvgIpc) is 2.47. The molecule has 1 aliphatic heterocycles. The van der Waals surface area contributed by atoms with E-state index in [-0.39, 0.29) is 0 Å². The van der Waals surface area contributed by atoms with Gasteiger partial charge in [0.15, 0.2) is 0 Å². The molecule has 0 aromatic heterocycles. The maximum atomic E-state index is 8.75. The Balaban J connectivity index is 1.73. The van der Waals surface area contributed by atoms with Gasteiger partial charge >= 0.3 is 0 Å². The van der Waals surface area contributed by atoms with Gasteiger partial charge in [-0.15, -0.1) is 0 Å². The molecule has 0 spiro atoms. The van der Waals surface area contributed by atoms with Crippen molar-refractivity contribution >= 4 is 5.69 Å². The first kappa shape index (κ1) is 13.9. The van der Waals surface area contributed by atoms with Crippen molar-refractivity contribution in [2.75, 3.05) is 44.6 Å². The van der Waals surface area contributed by atoms with E-state index in [1.807, 2.05) is 24.3 Å². The third-order valence-corrected chi connectivity index (χ3v) is 3.45. The molecule has 1 unspecified atom stereocenters. The molecule has 4 heteroatoms. The second-order valence-electron chi connectivity index (χ2n) is 5.23. The van der Waals surface area contributed by atoms with Crippen LogP contribution in [-0.4, -0.2) is 44.2 Å². The minimum atomic E-state index is 0.619.